The zero-order valence-corrected chi connectivity index (χ0v) is 15.7. The van der Waals surface area contributed by atoms with Gasteiger partial charge in [0.25, 0.3) is 0 Å². The van der Waals surface area contributed by atoms with Crippen molar-refractivity contribution in [2.45, 2.75) is 46.1 Å². The van der Waals surface area contributed by atoms with Crippen molar-refractivity contribution in [1.29, 1.82) is 0 Å². The number of pyridine rings is 1. The standard InChI is InChI=1S/C20H23N3OS/c1-12(2)8-14-4-5-17(25-14)15-10-19(24)21-11-16-20(15)23-7-6-13(3)9-18(23)22-16/h4-7,9,12,15H,8,10-11H2,1-3H3,(H,21,24)/t15-/m0/s1. The molecule has 5 heteroatoms. The maximum atomic E-state index is 12.3. The fourth-order valence-corrected chi connectivity index (χ4v) is 4.91. The summed E-state index contributed by atoms with van der Waals surface area (Å²) in [5.74, 6) is 0.807. The molecule has 1 amide bonds. The lowest BCUT2D eigenvalue weighted by molar-refractivity contribution is -0.121. The minimum atomic E-state index is 0.0705. The number of carbonyl (C=O) groups excluding carboxylic acids is 1. The summed E-state index contributed by atoms with van der Waals surface area (Å²) >= 11 is 1.84. The van der Waals surface area contributed by atoms with Gasteiger partial charge in [0.2, 0.25) is 5.91 Å². The first-order valence-corrected chi connectivity index (χ1v) is 9.65. The smallest absolute Gasteiger partial charge is 0.221 e. The monoisotopic (exact) mass is 353 g/mol. The van der Waals surface area contributed by atoms with Crippen LogP contribution in [0.1, 0.15) is 52.9 Å². The van der Waals surface area contributed by atoms with Gasteiger partial charge in [-0.2, -0.15) is 0 Å². The minimum absolute atomic E-state index is 0.0705. The number of aromatic nitrogens is 2. The van der Waals surface area contributed by atoms with Crippen LogP contribution in [-0.4, -0.2) is 15.3 Å². The highest BCUT2D eigenvalue weighted by molar-refractivity contribution is 7.12. The summed E-state index contributed by atoms with van der Waals surface area (Å²) in [5, 5.41) is 3.00. The third-order valence-electron chi connectivity index (χ3n) is 4.70. The number of rotatable bonds is 3. The number of hydrogen-bond donors (Lipinski definition) is 1. The van der Waals surface area contributed by atoms with Crippen LogP contribution < -0.4 is 5.32 Å². The van der Waals surface area contributed by atoms with Crippen molar-refractivity contribution in [1.82, 2.24) is 14.7 Å². The molecule has 4 rings (SSSR count). The highest BCUT2D eigenvalue weighted by atomic mass is 32.1. The van der Waals surface area contributed by atoms with Crippen LogP contribution in [0.3, 0.4) is 0 Å². The van der Waals surface area contributed by atoms with Crippen molar-refractivity contribution in [3.63, 3.8) is 0 Å². The maximum Gasteiger partial charge on any atom is 0.221 e. The van der Waals surface area contributed by atoms with Crippen molar-refractivity contribution < 1.29 is 4.79 Å². The van der Waals surface area contributed by atoms with Gasteiger partial charge in [0.15, 0.2) is 0 Å². The second kappa shape index (κ2) is 6.30. The molecule has 0 aromatic carbocycles. The maximum absolute atomic E-state index is 12.3. The molecule has 0 aliphatic carbocycles. The van der Waals surface area contributed by atoms with Gasteiger partial charge < -0.3 is 9.72 Å². The minimum Gasteiger partial charge on any atom is -0.350 e. The van der Waals surface area contributed by atoms with Gasteiger partial charge in [-0.05, 0) is 49.1 Å². The Morgan fingerprint density at radius 1 is 1.36 bits per heavy atom. The summed E-state index contributed by atoms with van der Waals surface area (Å²) in [6, 6.07) is 8.62. The lowest BCUT2D eigenvalue weighted by Gasteiger charge is -2.14. The second-order valence-electron chi connectivity index (χ2n) is 7.31. The molecule has 0 fully saturated rings. The normalized spacial score (nSPS) is 17.6. The van der Waals surface area contributed by atoms with E-state index in [0.717, 1.165) is 23.5 Å². The Bertz CT molecular complexity index is 938. The number of fused-ring (bicyclic) bond motifs is 3. The van der Waals surface area contributed by atoms with Gasteiger partial charge in [0.05, 0.1) is 17.9 Å². The molecule has 0 saturated carbocycles. The molecule has 25 heavy (non-hydrogen) atoms. The average Bonchev–Trinajstić information content (AvgIpc) is 3.10. The molecule has 3 aromatic rings. The molecule has 1 aliphatic rings. The number of amides is 1. The molecule has 0 saturated heterocycles. The van der Waals surface area contributed by atoms with E-state index in [-0.39, 0.29) is 11.8 Å². The van der Waals surface area contributed by atoms with Crippen molar-refractivity contribution >= 4 is 22.9 Å². The van der Waals surface area contributed by atoms with Gasteiger partial charge in [-0.15, -0.1) is 11.3 Å². The summed E-state index contributed by atoms with van der Waals surface area (Å²) in [4.78, 5) is 19.7. The zero-order chi connectivity index (χ0) is 17.6. The molecule has 4 nitrogen and oxygen atoms in total. The summed E-state index contributed by atoms with van der Waals surface area (Å²) < 4.78 is 2.16. The molecule has 0 radical (unpaired) electrons. The molecular formula is C20H23N3OS. The van der Waals surface area contributed by atoms with Crippen molar-refractivity contribution in [3.05, 3.63) is 57.2 Å². The Morgan fingerprint density at radius 3 is 3.00 bits per heavy atom. The van der Waals surface area contributed by atoms with Crippen LogP contribution in [-0.2, 0) is 17.8 Å². The number of thiophene rings is 1. The van der Waals surface area contributed by atoms with Crippen LogP contribution >= 0.6 is 11.3 Å². The van der Waals surface area contributed by atoms with E-state index in [1.807, 2.05) is 11.3 Å². The van der Waals surface area contributed by atoms with Gasteiger partial charge in [0, 0.05) is 28.3 Å². The Kier molecular flexibility index (Phi) is 4.12. The van der Waals surface area contributed by atoms with Crippen LogP contribution in [0, 0.1) is 12.8 Å². The summed E-state index contributed by atoms with van der Waals surface area (Å²) in [5.41, 5.74) is 4.31. The number of nitrogens with zero attached hydrogens (tertiary/aromatic N) is 2. The molecule has 130 valence electrons. The molecule has 0 unspecified atom stereocenters. The van der Waals surface area contributed by atoms with Crippen molar-refractivity contribution in [3.8, 4) is 0 Å². The predicted molar refractivity (Wildman–Crippen MR) is 101 cm³/mol. The Morgan fingerprint density at radius 2 is 2.20 bits per heavy atom. The molecule has 1 N–H and O–H groups in total. The third kappa shape index (κ3) is 3.09. The third-order valence-corrected chi connectivity index (χ3v) is 5.92. The number of aryl methyl sites for hydroxylation is 1. The predicted octanol–water partition coefficient (Wildman–Crippen LogP) is 4.05. The van der Waals surface area contributed by atoms with Gasteiger partial charge in [-0.3, -0.25) is 4.79 Å². The van der Waals surface area contributed by atoms with Crippen LogP contribution in [0.15, 0.2) is 30.5 Å². The van der Waals surface area contributed by atoms with Gasteiger partial charge in [0.1, 0.15) is 5.65 Å². The quantitative estimate of drug-likeness (QED) is 0.772. The van der Waals surface area contributed by atoms with Crippen LogP contribution in [0.5, 0.6) is 0 Å². The number of nitrogens with one attached hydrogen (secondary N) is 1. The van der Waals surface area contributed by atoms with Gasteiger partial charge >= 0.3 is 0 Å². The fraction of sp³-hybridized carbons (Fsp3) is 0.400. The molecule has 0 spiro atoms. The van der Waals surface area contributed by atoms with E-state index in [4.69, 9.17) is 4.98 Å². The second-order valence-corrected chi connectivity index (χ2v) is 8.51. The Hall–Kier alpha value is -2.14. The first-order valence-electron chi connectivity index (χ1n) is 8.84. The van der Waals surface area contributed by atoms with E-state index < -0.39 is 0 Å². The number of carbonyl (C=O) groups is 1. The number of imidazole rings is 1. The summed E-state index contributed by atoms with van der Waals surface area (Å²) in [6.45, 7) is 7.07. The van der Waals surface area contributed by atoms with Crippen molar-refractivity contribution in [2.75, 3.05) is 0 Å². The molecule has 0 bridgehead atoms. The molecule has 1 aliphatic heterocycles. The van der Waals surface area contributed by atoms with E-state index in [2.05, 4.69) is 61.0 Å². The topological polar surface area (TPSA) is 46.4 Å². The van der Waals surface area contributed by atoms with E-state index >= 15 is 0 Å². The van der Waals surface area contributed by atoms with E-state index in [9.17, 15) is 4.79 Å². The molecule has 1 atom stereocenters. The molecule has 4 heterocycles. The largest absolute Gasteiger partial charge is 0.350 e. The van der Waals surface area contributed by atoms with Crippen molar-refractivity contribution in [2.24, 2.45) is 5.92 Å². The van der Waals surface area contributed by atoms with Gasteiger partial charge in [-0.25, -0.2) is 4.98 Å². The van der Waals surface area contributed by atoms with Crippen LogP contribution in [0.2, 0.25) is 0 Å². The summed E-state index contributed by atoms with van der Waals surface area (Å²) in [6.07, 6.45) is 3.65. The number of hydrogen-bond acceptors (Lipinski definition) is 3. The fourth-order valence-electron chi connectivity index (χ4n) is 3.58. The first-order chi connectivity index (χ1) is 12.0. The zero-order valence-electron chi connectivity index (χ0n) is 14.9. The lowest BCUT2D eigenvalue weighted by atomic mass is 9.98. The highest BCUT2D eigenvalue weighted by Crippen LogP contribution is 2.37. The average molecular weight is 353 g/mol. The summed E-state index contributed by atoms with van der Waals surface area (Å²) in [7, 11) is 0. The van der Waals surface area contributed by atoms with Crippen LogP contribution in [0.25, 0.3) is 5.65 Å². The van der Waals surface area contributed by atoms with Crippen LogP contribution in [0.4, 0.5) is 0 Å². The lowest BCUT2D eigenvalue weighted by Crippen LogP contribution is -2.21. The first kappa shape index (κ1) is 16.3. The Labute approximate surface area is 151 Å². The van der Waals surface area contributed by atoms with E-state index in [1.165, 1.54) is 15.3 Å². The Balaban J connectivity index is 1.83. The van der Waals surface area contributed by atoms with Gasteiger partial charge in [-0.1, -0.05) is 13.8 Å². The van der Waals surface area contributed by atoms with E-state index in [0.29, 0.717) is 18.9 Å². The molecular weight excluding hydrogens is 330 g/mol. The van der Waals surface area contributed by atoms with E-state index in [1.54, 1.807) is 0 Å². The highest BCUT2D eigenvalue weighted by Gasteiger charge is 2.29. The SMILES string of the molecule is Cc1ccn2c3c(nc2c1)CNC(=O)C[C@H]3c1ccc(CC(C)C)s1. The molecule has 3 aromatic heterocycles.